The monoisotopic (exact) mass is 480 g/mol. The van der Waals surface area contributed by atoms with E-state index in [1.165, 1.54) is 17.1 Å². The van der Waals surface area contributed by atoms with Gasteiger partial charge in [-0.2, -0.15) is 5.10 Å². The third-order valence-electron chi connectivity index (χ3n) is 6.16. The molecule has 0 saturated heterocycles. The minimum absolute atomic E-state index is 0.0542. The van der Waals surface area contributed by atoms with Crippen molar-refractivity contribution >= 4 is 21.6 Å². The predicted octanol–water partition coefficient (Wildman–Crippen LogP) is 3.61. The number of nitrogens with two attached hydrogens (primary N) is 1. The van der Waals surface area contributed by atoms with Crippen LogP contribution in [0.3, 0.4) is 0 Å². The summed E-state index contributed by atoms with van der Waals surface area (Å²) in [6.45, 7) is 4.11. The lowest BCUT2D eigenvalue weighted by Gasteiger charge is -2.27. The summed E-state index contributed by atoms with van der Waals surface area (Å²) < 4.78 is 28.6. The standard InChI is InChI=1S/C25H28N4O4S/c1-17-6-8-20(9-7-17)22-15-23(24-5-4-14-33-24)29(27-22)25(30)16-28(3)18(2)19-10-12-21(13-11-19)34(26,31)32/h4-14,18,23H,15-16H2,1-3H3,(H2,26,31,32)/t18-,23+/m0/s1. The Morgan fingerprint density at radius 3 is 2.44 bits per heavy atom. The molecule has 0 fully saturated rings. The molecular weight excluding hydrogens is 452 g/mol. The highest BCUT2D eigenvalue weighted by atomic mass is 32.2. The summed E-state index contributed by atoms with van der Waals surface area (Å²) in [7, 11) is -1.91. The lowest BCUT2D eigenvalue weighted by atomic mass is 10.0. The van der Waals surface area contributed by atoms with Crippen LogP contribution in [0.2, 0.25) is 0 Å². The molecule has 8 nitrogen and oxygen atoms in total. The predicted molar refractivity (Wildman–Crippen MR) is 129 cm³/mol. The second-order valence-electron chi connectivity index (χ2n) is 8.59. The smallest absolute Gasteiger partial charge is 0.257 e. The summed E-state index contributed by atoms with van der Waals surface area (Å²) in [4.78, 5) is 15.3. The number of carbonyl (C=O) groups is 1. The van der Waals surface area contributed by atoms with E-state index in [0.29, 0.717) is 12.2 Å². The maximum absolute atomic E-state index is 13.4. The normalized spacial score (nSPS) is 17.1. The Kier molecular flexibility index (Phi) is 6.70. The van der Waals surface area contributed by atoms with Gasteiger partial charge in [-0.15, -0.1) is 0 Å². The first kappa shape index (κ1) is 23.9. The van der Waals surface area contributed by atoms with Gasteiger partial charge in [-0.05, 0) is 56.3 Å². The third-order valence-corrected chi connectivity index (χ3v) is 7.09. The number of benzene rings is 2. The van der Waals surface area contributed by atoms with Crippen molar-refractivity contribution in [2.24, 2.45) is 10.2 Å². The molecule has 178 valence electrons. The Labute approximate surface area is 199 Å². The van der Waals surface area contributed by atoms with Crippen LogP contribution in [-0.2, 0) is 14.8 Å². The molecule has 0 radical (unpaired) electrons. The van der Waals surface area contributed by atoms with Crippen LogP contribution in [0.1, 0.15) is 47.9 Å². The van der Waals surface area contributed by atoms with E-state index in [-0.39, 0.29) is 29.4 Å². The maximum Gasteiger partial charge on any atom is 0.257 e. The summed E-state index contributed by atoms with van der Waals surface area (Å²) in [6, 6.07) is 17.7. The van der Waals surface area contributed by atoms with Gasteiger partial charge in [0.2, 0.25) is 10.0 Å². The molecule has 2 atom stereocenters. The molecule has 1 aromatic heterocycles. The van der Waals surface area contributed by atoms with Gasteiger partial charge in [0.25, 0.3) is 5.91 Å². The number of aryl methyl sites for hydroxylation is 1. The second-order valence-corrected chi connectivity index (χ2v) is 10.2. The van der Waals surface area contributed by atoms with E-state index in [2.05, 4.69) is 5.10 Å². The number of primary sulfonamides is 1. The van der Waals surface area contributed by atoms with Crippen molar-refractivity contribution in [1.29, 1.82) is 0 Å². The van der Waals surface area contributed by atoms with Crippen molar-refractivity contribution in [2.45, 2.75) is 37.2 Å². The molecule has 1 amide bonds. The first-order valence-electron chi connectivity index (χ1n) is 11.0. The highest BCUT2D eigenvalue weighted by molar-refractivity contribution is 7.89. The summed E-state index contributed by atoms with van der Waals surface area (Å²) in [5.41, 5.74) is 3.85. The van der Waals surface area contributed by atoms with Gasteiger partial charge < -0.3 is 4.42 Å². The summed E-state index contributed by atoms with van der Waals surface area (Å²) in [5, 5.41) is 11.4. The first-order chi connectivity index (χ1) is 16.1. The van der Waals surface area contributed by atoms with Gasteiger partial charge in [0, 0.05) is 12.5 Å². The molecule has 0 spiro atoms. The van der Waals surface area contributed by atoms with Crippen molar-refractivity contribution in [3.05, 3.63) is 89.4 Å². The van der Waals surface area contributed by atoms with E-state index in [0.717, 1.165) is 22.4 Å². The average molecular weight is 481 g/mol. The van der Waals surface area contributed by atoms with E-state index in [9.17, 15) is 13.2 Å². The molecule has 0 aliphatic carbocycles. The molecule has 1 aliphatic rings. The largest absolute Gasteiger partial charge is 0.467 e. The van der Waals surface area contributed by atoms with Gasteiger partial charge in [-0.1, -0.05) is 42.0 Å². The molecular formula is C25H28N4O4S. The minimum atomic E-state index is -3.75. The Morgan fingerprint density at radius 2 is 1.85 bits per heavy atom. The number of furan rings is 1. The van der Waals surface area contributed by atoms with E-state index in [1.54, 1.807) is 24.5 Å². The quantitative estimate of drug-likeness (QED) is 0.556. The van der Waals surface area contributed by atoms with Gasteiger partial charge in [0.05, 0.1) is 23.4 Å². The van der Waals surface area contributed by atoms with Gasteiger partial charge in [0.15, 0.2) is 0 Å². The Balaban J connectivity index is 1.52. The number of likely N-dealkylation sites (N-methyl/N-ethyl adjacent to an activating group) is 1. The third kappa shape index (κ3) is 5.11. The number of hydrogen-bond acceptors (Lipinski definition) is 6. The van der Waals surface area contributed by atoms with Crippen molar-refractivity contribution in [3.63, 3.8) is 0 Å². The zero-order valence-corrected chi connectivity index (χ0v) is 20.2. The second kappa shape index (κ2) is 9.54. The number of amides is 1. The van der Waals surface area contributed by atoms with Crippen LogP contribution >= 0.6 is 0 Å². The summed E-state index contributed by atoms with van der Waals surface area (Å²) >= 11 is 0. The number of rotatable bonds is 7. The molecule has 4 rings (SSSR count). The van der Waals surface area contributed by atoms with Gasteiger partial charge >= 0.3 is 0 Å². The van der Waals surface area contributed by atoms with E-state index in [4.69, 9.17) is 9.56 Å². The fraction of sp³-hybridized carbons (Fsp3) is 0.280. The first-order valence-corrected chi connectivity index (χ1v) is 12.5. The van der Waals surface area contributed by atoms with Gasteiger partial charge in [-0.3, -0.25) is 9.69 Å². The zero-order valence-electron chi connectivity index (χ0n) is 19.4. The van der Waals surface area contributed by atoms with Crippen LogP contribution in [0.25, 0.3) is 0 Å². The minimum Gasteiger partial charge on any atom is -0.467 e. The zero-order chi connectivity index (χ0) is 24.5. The molecule has 2 N–H and O–H groups in total. The van der Waals surface area contributed by atoms with Crippen LogP contribution in [0, 0.1) is 6.92 Å². The summed E-state index contributed by atoms with van der Waals surface area (Å²) in [5.74, 6) is 0.535. The number of hydrazone groups is 1. The number of hydrogen-bond donors (Lipinski definition) is 1. The van der Waals surface area contributed by atoms with Crippen LogP contribution < -0.4 is 5.14 Å². The molecule has 0 bridgehead atoms. The number of carbonyl (C=O) groups excluding carboxylic acids is 1. The highest BCUT2D eigenvalue weighted by Crippen LogP contribution is 2.33. The number of sulfonamides is 1. The Bertz CT molecular complexity index is 1280. The SMILES string of the molecule is Cc1ccc(C2=NN(C(=O)CN(C)[C@@H](C)c3ccc(S(N)(=O)=O)cc3)[C@@H](c3ccco3)C2)cc1. The Hall–Kier alpha value is -3.27. The topological polar surface area (TPSA) is 109 Å². The molecule has 0 unspecified atom stereocenters. The molecule has 0 saturated carbocycles. The molecule has 9 heteroatoms. The lowest BCUT2D eigenvalue weighted by molar-refractivity contribution is -0.134. The maximum atomic E-state index is 13.4. The van der Waals surface area contributed by atoms with Gasteiger partial charge in [0.1, 0.15) is 11.8 Å². The Morgan fingerprint density at radius 1 is 1.18 bits per heavy atom. The van der Waals surface area contributed by atoms with Crippen molar-refractivity contribution < 1.29 is 17.6 Å². The van der Waals surface area contributed by atoms with Crippen molar-refractivity contribution in [1.82, 2.24) is 9.91 Å². The molecule has 2 heterocycles. The molecule has 3 aromatic rings. The van der Waals surface area contributed by atoms with E-state index >= 15 is 0 Å². The van der Waals surface area contributed by atoms with Crippen LogP contribution in [-0.4, -0.2) is 43.5 Å². The highest BCUT2D eigenvalue weighted by Gasteiger charge is 2.35. The fourth-order valence-corrected chi connectivity index (χ4v) is 4.49. The van der Waals surface area contributed by atoms with Gasteiger partial charge in [-0.25, -0.2) is 18.6 Å². The molecule has 2 aromatic carbocycles. The van der Waals surface area contributed by atoms with E-state index in [1.807, 2.05) is 56.1 Å². The van der Waals surface area contributed by atoms with Crippen LogP contribution in [0.15, 0.2) is 81.3 Å². The fourth-order valence-electron chi connectivity index (χ4n) is 3.98. The number of nitrogens with zero attached hydrogens (tertiary/aromatic N) is 3. The van der Waals surface area contributed by atoms with Crippen LogP contribution in [0.5, 0.6) is 0 Å². The average Bonchev–Trinajstić information content (AvgIpc) is 3.48. The lowest BCUT2D eigenvalue weighted by Crippen LogP contribution is -2.37. The van der Waals surface area contributed by atoms with Crippen LogP contribution in [0.4, 0.5) is 0 Å². The van der Waals surface area contributed by atoms with Crippen molar-refractivity contribution in [2.75, 3.05) is 13.6 Å². The van der Waals surface area contributed by atoms with E-state index < -0.39 is 10.0 Å². The molecule has 1 aliphatic heterocycles. The molecule has 34 heavy (non-hydrogen) atoms. The summed E-state index contributed by atoms with van der Waals surface area (Å²) in [6.07, 6.45) is 2.16. The van der Waals surface area contributed by atoms with Crippen molar-refractivity contribution in [3.8, 4) is 0 Å².